The Kier molecular flexibility index (Phi) is 23.6. The third-order valence-electron chi connectivity index (χ3n) is 14.1. The van der Waals surface area contributed by atoms with E-state index in [9.17, 15) is 51.2 Å². The molecule has 0 unspecified atom stereocenters. The Hall–Kier alpha value is -8.33. The lowest BCUT2D eigenvalue weighted by Gasteiger charge is -2.43. The minimum Gasteiger partial charge on any atom is -0.445 e. The predicted molar refractivity (Wildman–Crippen MR) is 311 cm³/mol. The molecule has 0 bridgehead atoms. The molecule has 0 saturated carbocycles. The van der Waals surface area contributed by atoms with Crippen molar-refractivity contribution in [2.45, 2.75) is 111 Å². The molecule has 3 aromatic carbocycles. The first kappa shape index (κ1) is 65.8. The number of benzene rings is 3. The Morgan fingerprint density at radius 3 is 2.11 bits per heavy atom. The number of unbranched alkanes of at least 4 members (excludes halogenated alkanes) is 2. The number of ether oxygens (including phenoxy) is 1. The van der Waals surface area contributed by atoms with Crippen LogP contribution in [0.25, 0.3) is 11.4 Å². The molecule has 2 aliphatic heterocycles. The number of imide groups is 1. The van der Waals surface area contributed by atoms with Gasteiger partial charge in [-0.05, 0) is 84.9 Å². The molecule has 0 spiro atoms. The minimum absolute atomic E-state index is 0.0381. The SMILES string of the molecule is CC(C)[C@H](NC(=O)CCCCCN1C(=O)C=CC1=O)C(=O)N[C@@H](CCCNC(N)=O)C(=O)Nc1ccc(COC(=O)NCCCN(C(=O)N2CCN(S(C)(=O)=O)CC2)[C@@H](c2nc(-c3cc(F)ccc3F)nn2Cc2ccccc2)C(C)(C)C)cc1. The van der Waals surface area contributed by atoms with Crippen LogP contribution in [0, 0.1) is 23.0 Å². The number of nitrogens with one attached hydrogen (secondary N) is 5. The number of urea groups is 2. The number of primary amides is 1. The molecule has 1 saturated heterocycles. The van der Waals surface area contributed by atoms with Crippen molar-refractivity contribution >= 4 is 63.4 Å². The topological polar surface area (TPSA) is 310 Å². The van der Waals surface area contributed by atoms with E-state index >= 15 is 4.39 Å². The van der Waals surface area contributed by atoms with Crippen LogP contribution < -0.4 is 32.3 Å². The molecule has 2 aliphatic rings. The summed E-state index contributed by atoms with van der Waals surface area (Å²) in [6.07, 6.45) is 4.90. The van der Waals surface area contributed by atoms with Crippen molar-refractivity contribution in [2.24, 2.45) is 17.1 Å². The number of amides is 10. The zero-order valence-corrected chi connectivity index (χ0v) is 49.6. The van der Waals surface area contributed by atoms with Crippen molar-refractivity contribution in [3.05, 3.63) is 114 Å². The maximum atomic E-state index is 15.4. The molecular formula is C58H77F2N13O11S. The molecule has 24 nitrogen and oxygen atoms in total. The standard InChI is InChI=1S/C58H77F2N13O11S/c1-38(2)49(66-46(74)18-11-8-12-29-71-47(75)25-26-48(71)76)54(78)65-45(17-13-27-62-55(61)79)53(77)64-42-22-19-40(20-23-42)37-84-56(80)63-28-14-30-72(57(81)69-31-33-70(34-32-69)85(6,82)83)50(58(3,4)5)52-67-51(43-35-41(59)21-24-44(43)60)68-73(52)36-39-15-9-7-10-16-39/h7,9-10,15-16,19-26,35,38,45,49-50H,8,11-14,17-18,27-34,36-37H2,1-6H3,(H,63,80)(H,64,77)(H,65,78)(H,66,74)(H3,61,62,79)/t45-,49-,50-/m0/s1. The molecule has 0 aliphatic carbocycles. The number of halogens is 2. The van der Waals surface area contributed by atoms with Gasteiger partial charge in [-0.1, -0.05) is 83.5 Å². The molecule has 27 heteroatoms. The van der Waals surface area contributed by atoms with Gasteiger partial charge in [0.2, 0.25) is 27.7 Å². The molecule has 1 fully saturated rings. The first-order valence-corrected chi connectivity index (χ1v) is 30.1. The lowest BCUT2D eigenvalue weighted by atomic mass is 9.84. The van der Waals surface area contributed by atoms with Crippen LogP contribution >= 0.6 is 0 Å². The summed E-state index contributed by atoms with van der Waals surface area (Å²) in [5, 5.41) is 18.2. The molecular weight excluding hydrogens is 1120 g/mol. The summed E-state index contributed by atoms with van der Waals surface area (Å²) in [5.41, 5.74) is 5.99. The number of nitrogens with zero attached hydrogens (tertiary/aromatic N) is 7. The van der Waals surface area contributed by atoms with E-state index < -0.39 is 81.1 Å². The van der Waals surface area contributed by atoms with Gasteiger partial charge in [-0.2, -0.15) is 9.40 Å². The summed E-state index contributed by atoms with van der Waals surface area (Å²) in [6.45, 7) is 9.92. The molecule has 6 rings (SSSR count). The van der Waals surface area contributed by atoms with Crippen molar-refractivity contribution < 1.29 is 60.3 Å². The van der Waals surface area contributed by atoms with E-state index in [0.717, 1.165) is 34.9 Å². The second kappa shape index (κ2) is 30.5. The van der Waals surface area contributed by atoms with Gasteiger partial charge in [-0.3, -0.25) is 28.9 Å². The average molecular weight is 1200 g/mol. The van der Waals surface area contributed by atoms with E-state index in [0.29, 0.717) is 30.5 Å². The molecule has 460 valence electrons. The van der Waals surface area contributed by atoms with Gasteiger partial charge in [0, 0.05) is 76.6 Å². The molecule has 3 atom stereocenters. The second-order valence-electron chi connectivity index (χ2n) is 22.3. The summed E-state index contributed by atoms with van der Waals surface area (Å²) >= 11 is 0. The van der Waals surface area contributed by atoms with Crippen molar-refractivity contribution in [1.82, 2.24) is 55.0 Å². The van der Waals surface area contributed by atoms with Gasteiger partial charge in [0.1, 0.15) is 30.3 Å². The van der Waals surface area contributed by atoms with Crippen molar-refractivity contribution in [3.8, 4) is 11.4 Å². The summed E-state index contributed by atoms with van der Waals surface area (Å²) in [7, 11) is -3.53. The number of sulfonamides is 1. The van der Waals surface area contributed by atoms with E-state index in [1.165, 1.54) is 16.5 Å². The van der Waals surface area contributed by atoms with Crippen LogP contribution in [0.5, 0.6) is 0 Å². The highest BCUT2D eigenvalue weighted by Gasteiger charge is 2.41. The number of hydrogen-bond acceptors (Lipinski definition) is 13. The number of anilines is 1. The normalized spacial score (nSPS) is 14.8. The average Bonchev–Trinajstić information content (AvgIpc) is 2.12. The number of carbonyl (C=O) groups excluding carboxylic acids is 8. The van der Waals surface area contributed by atoms with Gasteiger partial charge in [-0.15, -0.1) is 0 Å². The van der Waals surface area contributed by atoms with Gasteiger partial charge in [-0.25, -0.2) is 41.2 Å². The van der Waals surface area contributed by atoms with Crippen LogP contribution in [-0.2, 0) is 51.9 Å². The van der Waals surface area contributed by atoms with Gasteiger partial charge >= 0.3 is 18.2 Å². The second-order valence-corrected chi connectivity index (χ2v) is 24.2. The van der Waals surface area contributed by atoms with Crippen molar-refractivity contribution in [3.63, 3.8) is 0 Å². The molecule has 7 N–H and O–H groups in total. The van der Waals surface area contributed by atoms with Crippen LogP contribution in [-0.4, -0.2) is 161 Å². The van der Waals surface area contributed by atoms with Crippen LogP contribution in [0.4, 0.5) is 28.9 Å². The van der Waals surface area contributed by atoms with Gasteiger partial charge in [0.25, 0.3) is 11.8 Å². The molecule has 4 aromatic rings. The fraction of sp³-hybridized carbons (Fsp3) is 0.483. The zero-order valence-electron chi connectivity index (χ0n) is 48.8. The highest BCUT2D eigenvalue weighted by atomic mass is 32.2. The maximum absolute atomic E-state index is 15.4. The number of hydrogen-bond donors (Lipinski definition) is 6. The third-order valence-corrected chi connectivity index (χ3v) is 15.4. The molecule has 10 amide bonds. The number of carbonyl (C=O) groups is 8. The lowest BCUT2D eigenvalue weighted by Crippen LogP contribution is -2.56. The molecule has 1 aromatic heterocycles. The van der Waals surface area contributed by atoms with E-state index in [1.54, 1.807) is 52.6 Å². The number of alkyl carbamates (subject to hydrolysis) is 1. The summed E-state index contributed by atoms with van der Waals surface area (Å²) in [4.78, 5) is 112. The highest BCUT2D eigenvalue weighted by Crippen LogP contribution is 2.39. The van der Waals surface area contributed by atoms with Crippen molar-refractivity contribution in [1.29, 1.82) is 0 Å². The number of rotatable bonds is 28. The first-order valence-electron chi connectivity index (χ1n) is 28.2. The van der Waals surface area contributed by atoms with E-state index in [1.807, 2.05) is 51.1 Å². The Morgan fingerprint density at radius 1 is 0.800 bits per heavy atom. The Labute approximate surface area is 493 Å². The number of piperazine rings is 1. The van der Waals surface area contributed by atoms with Gasteiger partial charge in [0.15, 0.2) is 11.6 Å². The fourth-order valence-corrected chi connectivity index (χ4v) is 10.5. The number of nitrogens with two attached hydrogens (primary N) is 1. The lowest BCUT2D eigenvalue weighted by molar-refractivity contribution is -0.137. The molecule has 0 radical (unpaired) electrons. The Bertz CT molecular complexity index is 3130. The van der Waals surface area contributed by atoms with E-state index in [-0.39, 0.29) is 126 Å². The number of aromatic nitrogens is 3. The first-order chi connectivity index (χ1) is 40.3. The van der Waals surface area contributed by atoms with Crippen LogP contribution in [0.15, 0.2) is 84.9 Å². The van der Waals surface area contributed by atoms with Gasteiger partial charge < -0.3 is 46.9 Å². The fourth-order valence-electron chi connectivity index (χ4n) is 9.70. The quantitative estimate of drug-likeness (QED) is 0.0316. The van der Waals surface area contributed by atoms with Gasteiger partial charge in [0.05, 0.1) is 24.4 Å². The van der Waals surface area contributed by atoms with Crippen LogP contribution in [0.3, 0.4) is 0 Å². The summed E-state index contributed by atoms with van der Waals surface area (Å²) in [6, 6.07) is 14.5. The largest absolute Gasteiger partial charge is 0.445 e. The zero-order chi connectivity index (χ0) is 62.0. The summed E-state index contributed by atoms with van der Waals surface area (Å²) < 4.78 is 63.2. The minimum atomic E-state index is -3.53. The monoisotopic (exact) mass is 1200 g/mol. The van der Waals surface area contributed by atoms with Crippen molar-refractivity contribution in [2.75, 3.05) is 63.9 Å². The Balaban J connectivity index is 1.07. The maximum Gasteiger partial charge on any atom is 0.407 e. The van der Waals surface area contributed by atoms with E-state index in [4.69, 9.17) is 15.5 Å². The summed E-state index contributed by atoms with van der Waals surface area (Å²) in [5.74, 6) is -3.96. The smallest absolute Gasteiger partial charge is 0.407 e. The molecule has 85 heavy (non-hydrogen) atoms. The molecule has 3 heterocycles. The predicted octanol–water partition coefficient (Wildman–Crippen LogP) is 5.17. The van der Waals surface area contributed by atoms with Crippen LogP contribution in [0.1, 0.15) is 103 Å². The van der Waals surface area contributed by atoms with E-state index in [2.05, 4.69) is 31.7 Å². The Morgan fingerprint density at radius 2 is 1.47 bits per heavy atom. The highest BCUT2D eigenvalue weighted by molar-refractivity contribution is 7.88. The third kappa shape index (κ3) is 19.6. The van der Waals surface area contributed by atoms with Crippen LogP contribution in [0.2, 0.25) is 0 Å².